The van der Waals surface area contributed by atoms with Crippen molar-refractivity contribution in [1.29, 1.82) is 0 Å². The zero-order valence-corrected chi connectivity index (χ0v) is 18.3. The lowest BCUT2D eigenvalue weighted by atomic mass is 10.1. The van der Waals surface area contributed by atoms with E-state index < -0.39 is 10.0 Å². The maximum atomic E-state index is 12.6. The molecule has 2 aromatic rings. The molecule has 7 heteroatoms. The van der Waals surface area contributed by atoms with Gasteiger partial charge in [0.25, 0.3) is 0 Å². The van der Waals surface area contributed by atoms with E-state index in [9.17, 15) is 13.2 Å². The molecule has 0 aliphatic carbocycles. The zero-order chi connectivity index (χ0) is 21.4. The second-order valence-electron chi connectivity index (χ2n) is 6.70. The average Bonchev–Trinajstić information content (AvgIpc) is 2.70. The molecule has 0 spiro atoms. The van der Waals surface area contributed by atoms with Crippen LogP contribution in [0.5, 0.6) is 5.75 Å². The highest BCUT2D eigenvalue weighted by atomic mass is 32.2. The van der Waals surface area contributed by atoms with Crippen molar-refractivity contribution in [2.24, 2.45) is 0 Å². The molecule has 2 rings (SSSR count). The summed E-state index contributed by atoms with van der Waals surface area (Å²) in [5, 5.41) is 2.96. The fraction of sp³-hybridized carbons (Fsp3) is 0.409. The molecule has 6 nitrogen and oxygen atoms in total. The first kappa shape index (κ1) is 22.9. The summed E-state index contributed by atoms with van der Waals surface area (Å²) >= 11 is 0. The predicted molar refractivity (Wildman–Crippen MR) is 114 cm³/mol. The van der Waals surface area contributed by atoms with Gasteiger partial charge in [0.05, 0.1) is 24.0 Å². The average molecular weight is 419 g/mol. The number of carbonyl (C=O) groups excluding carboxylic acids is 1. The lowest BCUT2D eigenvalue weighted by Crippen LogP contribution is -2.30. The van der Waals surface area contributed by atoms with E-state index in [0.717, 1.165) is 16.9 Å². The summed E-state index contributed by atoms with van der Waals surface area (Å²) in [6.07, 6.45) is 0.269. The highest BCUT2D eigenvalue weighted by Crippen LogP contribution is 2.20. The van der Waals surface area contributed by atoms with Gasteiger partial charge in [0, 0.05) is 13.1 Å². The number of carbonyl (C=O) groups is 1. The van der Waals surface area contributed by atoms with Crippen molar-refractivity contribution in [1.82, 2.24) is 9.62 Å². The van der Waals surface area contributed by atoms with E-state index in [-0.39, 0.29) is 23.3 Å². The van der Waals surface area contributed by atoms with Crippen molar-refractivity contribution >= 4 is 15.9 Å². The van der Waals surface area contributed by atoms with Gasteiger partial charge in [-0.15, -0.1) is 0 Å². The number of rotatable bonds is 10. The van der Waals surface area contributed by atoms with Crippen LogP contribution in [0.3, 0.4) is 0 Å². The van der Waals surface area contributed by atoms with E-state index in [1.165, 1.54) is 4.31 Å². The van der Waals surface area contributed by atoms with Crippen LogP contribution in [-0.4, -0.2) is 38.3 Å². The minimum atomic E-state index is -3.48. The van der Waals surface area contributed by atoms with Gasteiger partial charge in [0.1, 0.15) is 5.75 Å². The molecular weight excluding hydrogens is 388 g/mol. The van der Waals surface area contributed by atoms with Gasteiger partial charge in [0.2, 0.25) is 15.9 Å². The fourth-order valence-corrected chi connectivity index (χ4v) is 4.53. The Morgan fingerprint density at radius 3 is 2.10 bits per heavy atom. The molecule has 1 amide bonds. The van der Waals surface area contributed by atoms with Gasteiger partial charge in [-0.25, -0.2) is 8.42 Å². The van der Waals surface area contributed by atoms with Gasteiger partial charge in [0.15, 0.2) is 0 Å². The van der Waals surface area contributed by atoms with E-state index in [0.29, 0.717) is 19.7 Å². The van der Waals surface area contributed by atoms with Crippen LogP contribution in [0.2, 0.25) is 0 Å². The van der Waals surface area contributed by atoms with Gasteiger partial charge in [-0.05, 0) is 49.2 Å². The van der Waals surface area contributed by atoms with E-state index in [2.05, 4.69) is 5.32 Å². The standard InChI is InChI=1S/C22H30N2O4S/c1-5-24(6-2)29(26,27)21-14-10-19(11-15-21)17(4)23-22(25)16-18-8-12-20(13-9-18)28-7-3/h8-15,17H,5-7,16H2,1-4H3,(H,23,25). The third-order valence-electron chi connectivity index (χ3n) is 4.70. The van der Waals surface area contributed by atoms with E-state index in [4.69, 9.17) is 4.74 Å². The summed E-state index contributed by atoms with van der Waals surface area (Å²) in [7, 11) is -3.48. The minimum Gasteiger partial charge on any atom is -0.494 e. The van der Waals surface area contributed by atoms with Crippen molar-refractivity contribution in [3.63, 3.8) is 0 Å². The molecule has 29 heavy (non-hydrogen) atoms. The molecular formula is C22H30N2O4S. The number of sulfonamides is 1. The minimum absolute atomic E-state index is 0.0958. The topological polar surface area (TPSA) is 75.7 Å². The van der Waals surface area contributed by atoms with Crippen LogP contribution in [0.4, 0.5) is 0 Å². The highest BCUT2D eigenvalue weighted by molar-refractivity contribution is 7.89. The quantitative estimate of drug-likeness (QED) is 0.640. The molecule has 0 heterocycles. The van der Waals surface area contributed by atoms with Crippen molar-refractivity contribution in [3.8, 4) is 5.75 Å². The molecule has 1 atom stereocenters. The van der Waals surface area contributed by atoms with Crippen LogP contribution in [-0.2, 0) is 21.2 Å². The summed E-state index contributed by atoms with van der Waals surface area (Å²) in [6.45, 7) is 8.90. The van der Waals surface area contributed by atoms with Gasteiger partial charge >= 0.3 is 0 Å². The van der Waals surface area contributed by atoms with Crippen LogP contribution >= 0.6 is 0 Å². The Kier molecular flexibility index (Phi) is 8.22. The zero-order valence-electron chi connectivity index (χ0n) is 17.5. The molecule has 0 saturated heterocycles. The second-order valence-corrected chi connectivity index (χ2v) is 8.64. The maximum absolute atomic E-state index is 12.6. The second kappa shape index (κ2) is 10.4. The summed E-state index contributed by atoms with van der Waals surface area (Å²) in [5.41, 5.74) is 1.75. The van der Waals surface area contributed by atoms with Crippen LogP contribution in [0.1, 0.15) is 44.9 Å². The largest absolute Gasteiger partial charge is 0.494 e. The Labute approximate surface area is 173 Å². The van der Waals surface area contributed by atoms with Gasteiger partial charge in [-0.3, -0.25) is 4.79 Å². The lowest BCUT2D eigenvalue weighted by Gasteiger charge is -2.19. The van der Waals surface area contributed by atoms with Gasteiger partial charge in [-0.1, -0.05) is 38.1 Å². The van der Waals surface area contributed by atoms with Crippen LogP contribution < -0.4 is 10.1 Å². The summed E-state index contributed by atoms with van der Waals surface area (Å²) < 4.78 is 32.0. The van der Waals surface area contributed by atoms with Crippen LogP contribution in [0, 0.1) is 0 Å². The molecule has 0 radical (unpaired) electrons. The highest BCUT2D eigenvalue weighted by Gasteiger charge is 2.21. The SMILES string of the molecule is CCOc1ccc(CC(=O)NC(C)c2ccc(S(=O)(=O)N(CC)CC)cc2)cc1. The number of hydrogen-bond donors (Lipinski definition) is 1. The number of ether oxygens (including phenoxy) is 1. The van der Waals surface area contributed by atoms with E-state index in [1.54, 1.807) is 24.3 Å². The Hall–Kier alpha value is -2.38. The predicted octanol–water partition coefficient (Wildman–Crippen LogP) is 3.54. The Bertz CT molecular complexity index is 889. The molecule has 0 fully saturated rings. The molecule has 0 saturated carbocycles. The third-order valence-corrected chi connectivity index (χ3v) is 6.76. The van der Waals surface area contributed by atoms with Crippen molar-refractivity contribution in [2.75, 3.05) is 19.7 Å². The maximum Gasteiger partial charge on any atom is 0.243 e. The summed E-state index contributed by atoms with van der Waals surface area (Å²) in [5.74, 6) is 0.686. The monoisotopic (exact) mass is 418 g/mol. The number of hydrogen-bond acceptors (Lipinski definition) is 4. The van der Waals surface area contributed by atoms with E-state index >= 15 is 0 Å². The van der Waals surface area contributed by atoms with Gasteiger partial charge in [-0.2, -0.15) is 4.31 Å². The van der Waals surface area contributed by atoms with Gasteiger partial charge < -0.3 is 10.1 Å². The molecule has 2 aromatic carbocycles. The Morgan fingerprint density at radius 2 is 1.59 bits per heavy atom. The summed E-state index contributed by atoms with van der Waals surface area (Å²) in [4.78, 5) is 12.6. The fourth-order valence-electron chi connectivity index (χ4n) is 3.07. The Morgan fingerprint density at radius 1 is 1.00 bits per heavy atom. The first-order valence-electron chi connectivity index (χ1n) is 9.93. The number of nitrogens with one attached hydrogen (secondary N) is 1. The lowest BCUT2D eigenvalue weighted by molar-refractivity contribution is -0.121. The van der Waals surface area contributed by atoms with Crippen molar-refractivity contribution < 1.29 is 17.9 Å². The molecule has 1 N–H and O–H groups in total. The molecule has 0 bridgehead atoms. The van der Waals surface area contributed by atoms with Crippen molar-refractivity contribution in [2.45, 2.75) is 45.1 Å². The smallest absolute Gasteiger partial charge is 0.243 e. The number of benzene rings is 2. The number of nitrogens with zero attached hydrogens (tertiary/aromatic N) is 1. The van der Waals surface area contributed by atoms with E-state index in [1.807, 2.05) is 52.0 Å². The molecule has 0 aromatic heterocycles. The molecule has 0 aliphatic rings. The first-order chi connectivity index (χ1) is 13.8. The first-order valence-corrected chi connectivity index (χ1v) is 11.4. The van der Waals surface area contributed by atoms with Crippen LogP contribution in [0.25, 0.3) is 0 Å². The van der Waals surface area contributed by atoms with Crippen LogP contribution in [0.15, 0.2) is 53.4 Å². The Balaban J connectivity index is 1.99. The molecule has 1 unspecified atom stereocenters. The summed E-state index contributed by atoms with van der Waals surface area (Å²) in [6, 6.07) is 13.9. The normalized spacial score (nSPS) is 12.6. The third kappa shape index (κ3) is 6.05. The van der Waals surface area contributed by atoms with Crippen molar-refractivity contribution in [3.05, 3.63) is 59.7 Å². The molecule has 0 aliphatic heterocycles. The molecule has 158 valence electrons. The number of amides is 1.